The van der Waals surface area contributed by atoms with E-state index in [9.17, 15) is 0 Å². The van der Waals surface area contributed by atoms with Gasteiger partial charge in [0.25, 0.3) is 0 Å². The lowest BCUT2D eigenvalue weighted by atomic mass is 9.55. The van der Waals surface area contributed by atoms with Crippen molar-refractivity contribution in [1.82, 2.24) is 0 Å². The van der Waals surface area contributed by atoms with Crippen LogP contribution in [0.15, 0.2) is 0 Å². The Balaban J connectivity index is 1.74. The quantitative estimate of drug-likeness (QED) is 0.597. The molecule has 146 valence electrons. The Morgan fingerprint density at radius 3 is 1.68 bits per heavy atom. The molecule has 0 spiro atoms. The van der Waals surface area contributed by atoms with Gasteiger partial charge in [0.05, 0.1) is 25.9 Å². The molecule has 0 aromatic rings. The van der Waals surface area contributed by atoms with Crippen molar-refractivity contribution in [2.24, 2.45) is 40.4 Å². The fourth-order valence-electron chi connectivity index (χ4n) is 6.25. The van der Waals surface area contributed by atoms with Gasteiger partial charge in [-0.2, -0.15) is 0 Å². The Kier molecular flexibility index (Phi) is 5.88. The highest BCUT2D eigenvalue weighted by Crippen LogP contribution is 2.55. The summed E-state index contributed by atoms with van der Waals surface area (Å²) < 4.78 is 18.2. The van der Waals surface area contributed by atoms with Gasteiger partial charge in [-0.1, -0.05) is 27.7 Å². The molecule has 0 aromatic heterocycles. The zero-order valence-corrected chi connectivity index (χ0v) is 17.3. The second-order valence-electron chi connectivity index (χ2n) is 10.2. The summed E-state index contributed by atoms with van der Waals surface area (Å²) >= 11 is 0. The number of hydrogen-bond acceptors (Lipinski definition) is 3. The van der Waals surface area contributed by atoms with Crippen LogP contribution in [0.1, 0.15) is 59.8 Å². The van der Waals surface area contributed by atoms with Gasteiger partial charge in [-0.25, -0.2) is 0 Å². The zero-order valence-electron chi connectivity index (χ0n) is 17.3. The van der Waals surface area contributed by atoms with E-state index in [0.29, 0.717) is 25.2 Å². The summed E-state index contributed by atoms with van der Waals surface area (Å²) in [5, 5.41) is 0. The van der Waals surface area contributed by atoms with E-state index in [2.05, 4.69) is 27.7 Å². The van der Waals surface area contributed by atoms with Crippen molar-refractivity contribution in [1.29, 1.82) is 0 Å². The second kappa shape index (κ2) is 7.48. The largest absolute Gasteiger partial charge is 0.384 e. The first-order valence-corrected chi connectivity index (χ1v) is 10.4. The Morgan fingerprint density at radius 1 is 0.800 bits per heavy atom. The third kappa shape index (κ3) is 3.53. The maximum Gasteiger partial charge on any atom is 0.0632 e. The van der Waals surface area contributed by atoms with Crippen LogP contribution >= 0.6 is 0 Å². The van der Waals surface area contributed by atoms with E-state index in [-0.39, 0.29) is 10.8 Å². The van der Waals surface area contributed by atoms with E-state index < -0.39 is 0 Å². The minimum absolute atomic E-state index is 0.0882. The van der Waals surface area contributed by atoms with Gasteiger partial charge in [-0.15, -0.1) is 0 Å². The summed E-state index contributed by atoms with van der Waals surface area (Å²) in [6.07, 6.45) is 7.61. The van der Waals surface area contributed by atoms with Gasteiger partial charge in [0.1, 0.15) is 0 Å². The molecule has 4 aliphatic rings. The van der Waals surface area contributed by atoms with Gasteiger partial charge in [-0.3, -0.25) is 0 Å². The molecule has 4 rings (SSSR count). The summed E-state index contributed by atoms with van der Waals surface area (Å²) in [4.78, 5) is 0. The summed E-state index contributed by atoms with van der Waals surface area (Å²) in [5.74, 6) is 4.15. The lowest BCUT2D eigenvalue weighted by Crippen LogP contribution is -2.54. The molecule has 4 fully saturated rings. The van der Waals surface area contributed by atoms with E-state index in [0.717, 1.165) is 30.3 Å². The standard InChI is InChI=1S/C22H40O3/c1-15(2)21(3,4)22(12-23-5,13-24-6)14-25-20-18-8-16-7-17(10-18)11-19(20)9-16/h15-20H,7-14H2,1-6H3. The number of rotatable bonds is 9. The lowest BCUT2D eigenvalue weighted by molar-refractivity contribution is -0.184. The lowest BCUT2D eigenvalue weighted by Gasteiger charge is -2.55. The molecule has 0 aromatic carbocycles. The fraction of sp³-hybridized carbons (Fsp3) is 1.00. The molecule has 4 saturated carbocycles. The third-order valence-corrected chi connectivity index (χ3v) is 8.34. The molecule has 0 aliphatic heterocycles. The highest BCUT2D eigenvalue weighted by molar-refractivity contribution is 5.00. The van der Waals surface area contributed by atoms with Crippen molar-refractivity contribution in [3.63, 3.8) is 0 Å². The molecule has 0 unspecified atom stereocenters. The van der Waals surface area contributed by atoms with Gasteiger partial charge in [0, 0.05) is 19.6 Å². The molecule has 0 radical (unpaired) electrons. The van der Waals surface area contributed by atoms with Crippen molar-refractivity contribution in [2.45, 2.75) is 65.9 Å². The van der Waals surface area contributed by atoms with E-state index in [1.165, 1.54) is 32.1 Å². The Labute approximate surface area is 155 Å². The molecule has 25 heavy (non-hydrogen) atoms. The Bertz CT molecular complexity index is 409. The van der Waals surface area contributed by atoms with E-state index in [4.69, 9.17) is 14.2 Å². The van der Waals surface area contributed by atoms with Crippen LogP contribution in [0.25, 0.3) is 0 Å². The van der Waals surface area contributed by atoms with Crippen molar-refractivity contribution >= 4 is 0 Å². The van der Waals surface area contributed by atoms with E-state index in [1.54, 1.807) is 0 Å². The topological polar surface area (TPSA) is 27.7 Å². The van der Waals surface area contributed by atoms with Gasteiger partial charge < -0.3 is 14.2 Å². The minimum Gasteiger partial charge on any atom is -0.384 e. The molecular weight excluding hydrogens is 312 g/mol. The van der Waals surface area contributed by atoms with Crippen LogP contribution in [-0.4, -0.2) is 40.1 Å². The summed E-state index contributed by atoms with van der Waals surface area (Å²) in [6, 6.07) is 0. The van der Waals surface area contributed by atoms with Crippen molar-refractivity contribution in [3.05, 3.63) is 0 Å². The highest BCUT2D eigenvalue weighted by Gasteiger charge is 2.52. The SMILES string of the molecule is COCC(COC)(COC1C2CC3CC(C2)CC1C3)C(C)(C)C(C)C. The predicted molar refractivity (Wildman–Crippen MR) is 102 cm³/mol. The molecule has 0 heterocycles. The molecule has 3 heteroatoms. The third-order valence-electron chi connectivity index (χ3n) is 8.34. The molecule has 0 N–H and O–H groups in total. The van der Waals surface area contributed by atoms with Crippen LogP contribution in [0.4, 0.5) is 0 Å². The van der Waals surface area contributed by atoms with Crippen LogP contribution in [0, 0.1) is 40.4 Å². The first-order valence-electron chi connectivity index (χ1n) is 10.4. The van der Waals surface area contributed by atoms with E-state index in [1.807, 2.05) is 14.2 Å². The van der Waals surface area contributed by atoms with Crippen LogP contribution < -0.4 is 0 Å². The average Bonchev–Trinajstić information content (AvgIpc) is 2.53. The monoisotopic (exact) mass is 352 g/mol. The molecule has 0 atom stereocenters. The summed E-state index contributed by atoms with van der Waals surface area (Å²) in [6.45, 7) is 11.5. The first-order chi connectivity index (χ1) is 11.8. The molecule has 0 amide bonds. The number of ether oxygens (including phenoxy) is 3. The smallest absolute Gasteiger partial charge is 0.0632 e. The summed E-state index contributed by atoms with van der Waals surface area (Å²) in [7, 11) is 3.62. The van der Waals surface area contributed by atoms with Crippen LogP contribution in [0.2, 0.25) is 0 Å². The molecule has 3 nitrogen and oxygen atoms in total. The van der Waals surface area contributed by atoms with Crippen LogP contribution in [0.3, 0.4) is 0 Å². The highest BCUT2D eigenvalue weighted by atomic mass is 16.5. The fourth-order valence-corrected chi connectivity index (χ4v) is 6.25. The Morgan fingerprint density at radius 2 is 1.28 bits per heavy atom. The zero-order chi connectivity index (χ0) is 18.2. The van der Waals surface area contributed by atoms with Crippen LogP contribution in [-0.2, 0) is 14.2 Å². The van der Waals surface area contributed by atoms with Gasteiger partial charge in [0.15, 0.2) is 0 Å². The molecule has 4 aliphatic carbocycles. The maximum atomic E-state index is 6.77. The maximum absolute atomic E-state index is 6.77. The number of methoxy groups -OCH3 is 2. The number of hydrogen-bond donors (Lipinski definition) is 0. The van der Waals surface area contributed by atoms with Gasteiger partial charge >= 0.3 is 0 Å². The molecule has 0 saturated heterocycles. The van der Waals surface area contributed by atoms with Gasteiger partial charge in [-0.05, 0) is 67.1 Å². The van der Waals surface area contributed by atoms with Gasteiger partial charge in [0.2, 0.25) is 0 Å². The van der Waals surface area contributed by atoms with Crippen molar-refractivity contribution < 1.29 is 14.2 Å². The normalized spacial score (nSPS) is 34.9. The summed E-state index contributed by atoms with van der Waals surface area (Å²) in [5.41, 5.74) is -0.00966. The predicted octanol–water partition coefficient (Wildman–Crippen LogP) is 4.79. The minimum atomic E-state index is -0.0979. The molecular formula is C22H40O3. The molecule has 4 bridgehead atoms. The van der Waals surface area contributed by atoms with Crippen molar-refractivity contribution in [2.75, 3.05) is 34.0 Å². The second-order valence-corrected chi connectivity index (χ2v) is 10.2. The average molecular weight is 353 g/mol. The van der Waals surface area contributed by atoms with E-state index >= 15 is 0 Å². The van der Waals surface area contributed by atoms with Crippen molar-refractivity contribution in [3.8, 4) is 0 Å². The first kappa shape index (κ1) is 19.6. The van der Waals surface area contributed by atoms with Crippen LogP contribution in [0.5, 0.6) is 0 Å². The Hall–Kier alpha value is -0.120.